The number of benzene rings is 1. The van der Waals surface area contributed by atoms with Crippen molar-refractivity contribution >= 4 is 35.3 Å². The monoisotopic (exact) mass is 376 g/mol. The number of rotatable bonds is 4. The summed E-state index contributed by atoms with van der Waals surface area (Å²) >= 11 is 1.72. The van der Waals surface area contributed by atoms with E-state index in [2.05, 4.69) is 54.0 Å². The van der Waals surface area contributed by atoms with Gasteiger partial charge in [0.2, 0.25) is 5.91 Å². The summed E-state index contributed by atoms with van der Waals surface area (Å²) in [6, 6.07) is 12.5. The Labute approximate surface area is 159 Å². The van der Waals surface area contributed by atoms with Crippen LogP contribution in [-0.4, -0.2) is 19.0 Å². The molecule has 1 aliphatic heterocycles. The number of nitrogens with one attached hydrogen (secondary N) is 1. The maximum absolute atomic E-state index is 13.3. The molecule has 2 aromatic rings. The molecule has 2 fully saturated rings. The van der Waals surface area contributed by atoms with E-state index in [9.17, 15) is 4.79 Å². The fourth-order valence-electron chi connectivity index (χ4n) is 3.94. The lowest BCUT2D eigenvalue weighted by Crippen LogP contribution is -2.36. The highest BCUT2D eigenvalue weighted by Crippen LogP contribution is 2.59. The van der Waals surface area contributed by atoms with Crippen molar-refractivity contribution in [1.29, 1.82) is 0 Å². The molecule has 1 saturated heterocycles. The van der Waals surface area contributed by atoms with Crippen LogP contribution in [0.4, 0.5) is 5.69 Å². The minimum atomic E-state index is 0. The first-order valence-corrected chi connectivity index (χ1v) is 9.67. The van der Waals surface area contributed by atoms with E-state index in [1.54, 1.807) is 11.3 Å². The largest absolute Gasteiger partial charge is 0.317 e. The van der Waals surface area contributed by atoms with E-state index in [-0.39, 0.29) is 23.7 Å². The molecule has 25 heavy (non-hydrogen) atoms. The Bertz CT molecular complexity index is 708. The molecule has 1 aliphatic carbocycles. The molecule has 1 N–H and O–H groups in total. The van der Waals surface area contributed by atoms with E-state index in [1.165, 1.54) is 10.4 Å². The number of amides is 1. The molecule has 2 heterocycles. The van der Waals surface area contributed by atoms with E-state index in [0.717, 1.165) is 38.0 Å². The number of anilines is 1. The van der Waals surface area contributed by atoms with Crippen molar-refractivity contribution in [2.24, 2.45) is 11.3 Å². The van der Waals surface area contributed by atoms with Gasteiger partial charge in [0.1, 0.15) is 0 Å². The van der Waals surface area contributed by atoms with E-state index >= 15 is 0 Å². The van der Waals surface area contributed by atoms with Crippen molar-refractivity contribution in [2.45, 2.75) is 32.7 Å². The van der Waals surface area contributed by atoms with Crippen LogP contribution in [-0.2, 0) is 11.3 Å². The van der Waals surface area contributed by atoms with Crippen molar-refractivity contribution in [1.82, 2.24) is 5.32 Å². The number of carbonyl (C=O) groups is 1. The second-order valence-corrected chi connectivity index (χ2v) is 8.24. The Morgan fingerprint density at radius 1 is 1.24 bits per heavy atom. The molecule has 3 nitrogen and oxygen atoms in total. The van der Waals surface area contributed by atoms with Crippen LogP contribution in [0.25, 0.3) is 0 Å². The predicted molar refractivity (Wildman–Crippen MR) is 107 cm³/mol. The second-order valence-electron chi connectivity index (χ2n) is 7.21. The third-order valence-electron chi connectivity index (χ3n) is 5.59. The molecule has 0 radical (unpaired) electrons. The van der Waals surface area contributed by atoms with Crippen molar-refractivity contribution in [3.05, 3.63) is 52.2 Å². The second kappa shape index (κ2) is 7.48. The molecule has 1 saturated carbocycles. The SMILES string of the molecule is Cc1ccc(N(Cc2cccs2)C(=O)C2CC23CCNCC3)cc1.Cl. The standard InChI is InChI=1S/C20H24N2OS.ClH/c1-15-4-6-16(7-5-15)22(14-17-3-2-12-24-17)19(23)18-13-20(18)8-10-21-11-9-20;/h2-7,12,18,21H,8-11,13-14H2,1H3;1H. The molecule has 134 valence electrons. The number of piperidine rings is 1. The Morgan fingerprint density at radius 3 is 2.60 bits per heavy atom. The summed E-state index contributed by atoms with van der Waals surface area (Å²) in [5, 5.41) is 5.50. The number of aryl methyl sites for hydroxylation is 1. The van der Waals surface area contributed by atoms with Crippen LogP contribution in [0, 0.1) is 18.3 Å². The van der Waals surface area contributed by atoms with Crippen LogP contribution in [0.15, 0.2) is 41.8 Å². The topological polar surface area (TPSA) is 32.3 Å². The molecule has 1 aromatic heterocycles. The van der Waals surface area contributed by atoms with Crippen LogP contribution in [0.5, 0.6) is 0 Å². The Morgan fingerprint density at radius 2 is 1.96 bits per heavy atom. The fourth-order valence-corrected chi connectivity index (χ4v) is 4.63. The van der Waals surface area contributed by atoms with Crippen molar-refractivity contribution in [2.75, 3.05) is 18.0 Å². The summed E-state index contributed by atoms with van der Waals surface area (Å²) in [4.78, 5) is 16.5. The first-order valence-electron chi connectivity index (χ1n) is 8.79. The van der Waals surface area contributed by atoms with E-state index in [0.29, 0.717) is 12.5 Å². The number of nitrogens with zero attached hydrogens (tertiary/aromatic N) is 1. The summed E-state index contributed by atoms with van der Waals surface area (Å²) in [5.74, 6) is 0.523. The summed E-state index contributed by atoms with van der Waals surface area (Å²) in [5.41, 5.74) is 2.53. The molecular weight excluding hydrogens is 352 g/mol. The van der Waals surface area contributed by atoms with Gasteiger partial charge in [-0.2, -0.15) is 0 Å². The number of hydrogen-bond acceptors (Lipinski definition) is 3. The van der Waals surface area contributed by atoms with Gasteiger partial charge in [-0.25, -0.2) is 0 Å². The van der Waals surface area contributed by atoms with Gasteiger partial charge in [0.15, 0.2) is 0 Å². The van der Waals surface area contributed by atoms with Gasteiger partial charge < -0.3 is 10.2 Å². The molecule has 4 rings (SSSR count). The van der Waals surface area contributed by atoms with E-state index < -0.39 is 0 Å². The minimum Gasteiger partial charge on any atom is -0.317 e. The van der Waals surface area contributed by atoms with Gasteiger partial charge in [-0.15, -0.1) is 23.7 Å². The molecular formula is C20H25ClN2OS. The molecule has 5 heteroatoms. The zero-order valence-corrected chi connectivity index (χ0v) is 16.2. The van der Waals surface area contributed by atoms with Gasteiger partial charge >= 0.3 is 0 Å². The summed E-state index contributed by atoms with van der Waals surface area (Å²) in [6.07, 6.45) is 3.36. The Hall–Kier alpha value is -1.36. The van der Waals surface area contributed by atoms with E-state index in [4.69, 9.17) is 0 Å². The first kappa shape index (κ1) is 18.4. The zero-order chi connectivity index (χ0) is 16.6. The van der Waals surface area contributed by atoms with Gasteiger partial charge in [0.25, 0.3) is 0 Å². The van der Waals surface area contributed by atoms with Crippen LogP contribution < -0.4 is 10.2 Å². The quantitative estimate of drug-likeness (QED) is 0.857. The highest BCUT2D eigenvalue weighted by molar-refractivity contribution is 7.09. The highest BCUT2D eigenvalue weighted by atomic mass is 35.5. The van der Waals surface area contributed by atoms with Crippen LogP contribution in [0.3, 0.4) is 0 Å². The van der Waals surface area contributed by atoms with Gasteiger partial charge in [-0.3, -0.25) is 4.79 Å². The maximum atomic E-state index is 13.3. The molecule has 1 atom stereocenters. The Balaban J connectivity index is 0.00000182. The van der Waals surface area contributed by atoms with Gasteiger partial charge in [-0.05, 0) is 68.3 Å². The molecule has 1 aromatic carbocycles. The molecule has 1 spiro atoms. The number of carbonyl (C=O) groups excluding carboxylic acids is 1. The summed E-state index contributed by atoms with van der Waals surface area (Å²) in [7, 11) is 0. The predicted octanol–water partition coefficient (Wildman–Crippen LogP) is 4.40. The molecule has 2 aliphatic rings. The third-order valence-corrected chi connectivity index (χ3v) is 6.45. The summed E-state index contributed by atoms with van der Waals surface area (Å²) in [6.45, 7) is 4.88. The number of halogens is 1. The highest BCUT2D eigenvalue weighted by Gasteiger charge is 2.58. The Kier molecular flexibility index (Phi) is 5.52. The van der Waals surface area contributed by atoms with Crippen LogP contribution in [0.1, 0.15) is 29.7 Å². The van der Waals surface area contributed by atoms with Crippen molar-refractivity contribution < 1.29 is 4.79 Å². The number of thiophene rings is 1. The minimum absolute atomic E-state index is 0. The first-order chi connectivity index (χ1) is 11.7. The van der Waals surface area contributed by atoms with Gasteiger partial charge in [0.05, 0.1) is 6.54 Å². The van der Waals surface area contributed by atoms with Crippen molar-refractivity contribution in [3.8, 4) is 0 Å². The third kappa shape index (κ3) is 3.76. The zero-order valence-electron chi connectivity index (χ0n) is 14.5. The molecule has 1 unspecified atom stereocenters. The lowest BCUT2D eigenvalue weighted by atomic mass is 9.91. The van der Waals surface area contributed by atoms with Crippen LogP contribution >= 0.6 is 23.7 Å². The smallest absolute Gasteiger partial charge is 0.231 e. The average Bonchev–Trinajstić information content (AvgIpc) is 3.05. The van der Waals surface area contributed by atoms with Gasteiger partial charge in [0, 0.05) is 16.5 Å². The van der Waals surface area contributed by atoms with Crippen LogP contribution in [0.2, 0.25) is 0 Å². The lowest BCUT2D eigenvalue weighted by Gasteiger charge is -2.27. The van der Waals surface area contributed by atoms with Gasteiger partial charge in [-0.1, -0.05) is 23.8 Å². The average molecular weight is 377 g/mol. The summed E-state index contributed by atoms with van der Waals surface area (Å²) < 4.78 is 0. The molecule has 0 bridgehead atoms. The molecule has 1 amide bonds. The lowest BCUT2D eigenvalue weighted by molar-refractivity contribution is -0.120. The maximum Gasteiger partial charge on any atom is 0.231 e. The fraction of sp³-hybridized carbons (Fsp3) is 0.450. The normalized spacial score (nSPS) is 20.8. The number of hydrogen-bond donors (Lipinski definition) is 1. The van der Waals surface area contributed by atoms with Crippen molar-refractivity contribution in [3.63, 3.8) is 0 Å². The van der Waals surface area contributed by atoms with E-state index in [1.807, 2.05) is 4.90 Å².